The van der Waals surface area contributed by atoms with Crippen LogP contribution < -0.4 is 0 Å². The van der Waals surface area contributed by atoms with Gasteiger partial charge in [-0.3, -0.25) is 14.5 Å². The van der Waals surface area contributed by atoms with Crippen molar-refractivity contribution in [2.45, 2.75) is 60.8 Å². The number of carbonyl (C=O) groups excluding carboxylic acids is 3. The van der Waals surface area contributed by atoms with E-state index in [1.165, 1.54) is 17.7 Å². The minimum Gasteiger partial charge on any atom is -0.345 e. The number of benzene rings is 1. The van der Waals surface area contributed by atoms with Crippen molar-refractivity contribution in [3.8, 4) is 0 Å². The van der Waals surface area contributed by atoms with Crippen molar-refractivity contribution in [3.63, 3.8) is 0 Å². The summed E-state index contributed by atoms with van der Waals surface area (Å²) in [5.74, 6) is 1.07. The predicted octanol–water partition coefficient (Wildman–Crippen LogP) is 6.17. The van der Waals surface area contributed by atoms with Gasteiger partial charge < -0.3 is 9.69 Å². The molecule has 2 aliphatic rings. The number of aliphatic imine (C=N–C) groups is 1. The predicted molar refractivity (Wildman–Crippen MR) is 152 cm³/mol. The molecule has 0 unspecified atom stereocenters. The maximum Gasteiger partial charge on any atom is 0.260 e. The van der Waals surface area contributed by atoms with Crippen molar-refractivity contribution in [3.05, 3.63) is 65.4 Å². The highest BCUT2D eigenvalue weighted by Gasteiger charge is 2.31. The Hall–Kier alpha value is -3.35. The zero-order valence-electron chi connectivity index (χ0n) is 23.4. The highest BCUT2D eigenvalue weighted by atomic mass is 19.1. The third kappa shape index (κ3) is 10.3. The summed E-state index contributed by atoms with van der Waals surface area (Å²) >= 11 is 0. The molecule has 1 aromatic rings. The molecule has 0 spiro atoms. The van der Waals surface area contributed by atoms with Gasteiger partial charge in [-0.05, 0) is 56.2 Å². The van der Waals surface area contributed by atoms with E-state index in [1.54, 1.807) is 0 Å². The van der Waals surface area contributed by atoms with Crippen LogP contribution in [0.1, 0.15) is 65.0 Å². The first-order valence-electron chi connectivity index (χ1n) is 12.9. The number of amides is 2. The van der Waals surface area contributed by atoms with Crippen molar-refractivity contribution in [1.82, 2.24) is 9.80 Å². The summed E-state index contributed by atoms with van der Waals surface area (Å²) in [4.78, 5) is 38.9. The van der Waals surface area contributed by atoms with Gasteiger partial charge in [0.15, 0.2) is 0 Å². The van der Waals surface area contributed by atoms with Crippen LogP contribution in [0.3, 0.4) is 0 Å². The van der Waals surface area contributed by atoms with Gasteiger partial charge in [0.2, 0.25) is 6.41 Å². The molecular formula is C30H44FN3O3. The second-order valence-corrected chi connectivity index (χ2v) is 8.44. The summed E-state index contributed by atoms with van der Waals surface area (Å²) in [6.45, 7) is 19.2. The van der Waals surface area contributed by atoms with Gasteiger partial charge in [0.05, 0.1) is 6.54 Å². The molecule has 2 heterocycles. The summed E-state index contributed by atoms with van der Waals surface area (Å²) in [6, 6.07) is 7.70. The summed E-state index contributed by atoms with van der Waals surface area (Å²) in [6.07, 6.45) is 7.70. The average molecular weight is 514 g/mol. The summed E-state index contributed by atoms with van der Waals surface area (Å²) in [7, 11) is 0. The third-order valence-corrected chi connectivity index (χ3v) is 5.98. The lowest BCUT2D eigenvalue weighted by atomic mass is 9.93. The number of hydrogen-bond donors (Lipinski definition) is 0. The van der Waals surface area contributed by atoms with Crippen molar-refractivity contribution in [2.75, 3.05) is 26.3 Å². The molecule has 0 N–H and O–H groups in total. The normalized spacial score (nSPS) is 17.5. The lowest BCUT2D eigenvalue weighted by molar-refractivity contribution is -0.122. The number of piperidine rings is 1. The Balaban J connectivity index is 0.000000829. The first-order valence-corrected chi connectivity index (χ1v) is 12.9. The van der Waals surface area contributed by atoms with E-state index in [9.17, 15) is 14.0 Å². The minimum atomic E-state index is -0.624. The Morgan fingerprint density at radius 1 is 1.19 bits per heavy atom. The molecule has 0 aromatic heterocycles. The molecule has 0 bridgehead atoms. The number of halogens is 1. The van der Waals surface area contributed by atoms with Gasteiger partial charge in [0, 0.05) is 29.9 Å². The molecule has 0 aliphatic carbocycles. The molecule has 0 atom stereocenters. The molecule has 37 heavy (non-hydrogen) atoms. The van der Waals surface area contributed by atoms with Crippen LogP contribution in [0.4, 0.5) is 4.39 Å². The molecular weight excluding hydrogens is 469 g/mol. The van der Waals surface area contributed by atoms with Gasteiger partial charge in [0.25, 0.3) is 5.91 Å². The Labute approximate surface area is 222 Å². The standard InChI is InChI=1S/C20H23FN2O.C7H13NO.C2H6.CH2O/c1-5-15(4)22-19-16(6-2)13-18(20(24)23(19)12-11-21)17-10-8-7-9-14(17)3;1-7-2-4-8(6-9)5-3-7;2*1-2/h6-10,13H,4-5,11-12H2,1-3H3;6-7H,2-5H2,1H3;1-2H3;1H2/b16-6-,22-19?;;;. The monoisotopic (exact) mass is 513 g/mol. The summed E-state index contributed by atoms with van der Waals surface area (Å²) < 4.78 is 13.1. The largest absolute Gasteiger partial charge is 0.345 e. The van der Waals surface area contributed by atoms with Gasteiger partial charge in [0.1, 0.15) is 19.3 Å². The van der Waals surface area contributed by atoms with E-state index < -0.39 is 6.67 Å². The van der Waals surface area contributed by atoms with Crippen LogP contribution in [0.15, 0.2) is 59.3 Å². The molecule has 204 valence electrons. The fourth-order valence-corrected chi connectivity index (χ4v) is 3.74. The fourth-order valence-electron chi connectivity index (χ4n) is 3.74. The van der Waals surface area contributed by atoms with Crippen LogP contribution in [0.25, 0.3) is 5.57 Å². The molecule has 1 saturated heterocycles. The highest BCUT2D eigenvalue weighted by molar-refractivity contribution is 6.31. The molecule has 0 saturated carbocycles. The van der Waals surface area contributed by atoms with E-state index in [1.807, 2.05) is 82.7 Å². The third-order valence-electron chi connectivity index (χ3n) is 5.98. The second-order valence-electron chi connectivity index (χ2n) is 8.44. The van der Waals surface area contributed by atoms with E-state index in [0.29, 0.717) is 23.5 Å². The summed E-state index contributed by atoms with van der Waals surface area (Å²) in [5, 5.41) is 0. The molecule has 3 rings (SSSR count). The quantitative estimate of drug-likeness (QED) is 0.427. The van der Waals surface area contributed by atoms with Crippen LogP contribution in [-0.2, 0) is 14.4 Å². The molecule has 0 radical (unpaired) electrons. The first-order chi connectivity index (χ1) is 17.9. The van der Waals surface area contributed by atoms with Crippen molar-refractivity contribution in [1.29, 1.82) is 0 Å². The minimum absolute atomic E-state index is 0.0186. The number of allylic oxidation sites excluding steroid dienone is 2. The van der Waals surface area contributed by atoms with Gasteiger partial charge in [-0.1, -0.05) is 64.6 Å². The SMILES string of the molecule is C=C(CC)N=C1/C(=C\C)C=C(c2ccccc2C)C(=O)N1CCF.C=O.CC.CC1CCN(C=O)CC1. The number of carbonyl (C=O) groups is 3. The van der Waals surface area contributed by atoms with Crippen molar-refractivity contribution < 1.29 is 18.8 Å². The van der Waals surface area contributed by atoms with Crippen molar-refractivity contribution in [2.24, 2.45) is 10.9 Å². The number of hydrogen-bond acceptors (Lipinski definition) is 4. The fraction of sp³-hybridized carbons (Fsp3) is 0.467. The van der Waals surface area contributed by atoms with Crippen molar-refractivity contribution >= 4 is 30.5 Å². The van der Waals surface area contributed by atoms with E-state index in [-0.39, 0.29) is 12.5 Å². The van der Waals surface area contributed by atoms with Crippen LogP contribution in [-0.4, -0.2) is 61.1 Å². The van der Waals surface area contributed by atoms with Gasteiger partial charge in [-0.2, -0.15) is 0 Å². The van der Waals surface area contributed by atoms with Crippen LogP contribution in [0.2, 0.25) is 0 Å². The van der Waals surface area contributed by atoms with E-state index in [2.05, 4.69) is 18.5 Å². The first kappa shape index (κ1) is 33.7. The van der Waals surface area contributed by atoms with Gasteiger partial charge >= 0.3 is 0 Å². The number of amidine groups is 1. The molecule has 1 aromatic carbocycles. The number of alkyl halides is 1. The summed E-state index contributed by atoms with van der Waals surface area (Å²) in [5.41, 5.74) is 3.89. The van der Waals surface area contributed by atoms with E-state index in [4.69, 9.17) is 4.79 Å². The average Bonchev–Trinajstić information content (AvgIpc) is 2.94. The maximum absolute atomic E-state index is 13.1. The van der Waals surface area contributed by atoms with Gasteiger partial charge in [-0.15, -0.1) is 0 Å². The number of nitrogens with zero attached hydrogens (tertiary/aromatic N) is 3. The lowest BCUT2D eigenvalue weighted by Crippen LogP contribution is -2.42. The lowest BCUT2D eigenvalue weighted by Gasteiger charge is -2.30. The molecule has 2 aliphatic heterocycles. The Kier molecular flexibility index (Phi) is 17.1. The van der Waals surface area contributed by atoms with E-state index in [0.717, 1.165) is 42.1 Å². The maximum atomic E-state index is 13.1. The zero-order chi connectivity index (χ0) is 28.4. The number of rotatable bonds is 6. The van der Waals surface area contributed by atoms with Crippen LogP contribution in [0, 0.1) is 12.8 Å². The second kappa shape index (κ2) is 18.9. The highest BCUT2D eigenvalue weighted by Crippen LogP contribution is 2.29. The molecule has 6 nitrogen and oxygen atoms in total. The Morgan fingerprint density at radius 2 is 1.78 bits per heavy atom. The number of aryl methyl sites for hydroxylation is 1. The Morgan fingerprint density at radius 3 is 2.27 bits per heavy atom. The zero-order valence-corrected chi connectivity index (χ0v) is 23.4. The molecule has 7 heteroatoms. The van der Waals surface area contributed by atoms with Gasteiger partial charge in [-0.25, -0.2) is 9.38 Å². The smallest absolute Gasteiger partial charge is 0.260 e. The molecule has 2 amide bonds. The topological polar surface area (TPSA) is 70.1 Å². The number of likely N-dealkylation sites (tertiary alicyclic amines) is 1. The molecule has 1 fully saturated rings. The van der Waals surface area contributed by atoms with E-state index >= 15 is 0 Å². The van der Waals surface area contributed by atoms with Crippen LogP contribution >= 0.6 is 0 Å². The Bertz CT molecular complexity index is 961. The van der Waals surface area contributed by atoms with Crippen LogP contribution in [0.5, 0.6) is 0 Å².